The van der Waals surface area contributed by atoms with Crippen molar-refractivity contribution in [1.29, 1.82) is 0 Å². The molecule has 1 N–H and O–H groups in total. The van der Waals surface area contributed by atoms with E-state index >= 15 is 0 Å². The smallest absolute Gasteiger partial charge is 0.460 e. The lowest BCUT2D eigenvalue weighted by atomic mass is 10.2. The molecule has 0 spiro atoms. The summed E-state index contributed by atoms with van der Waals surface area (Å²) in [6.07, 6.45) is 0. The largest absolute Gasteiger partial charge is 0.513 e. The number of carbonyl (C=O) groups is 1. The number of esters is 1. The molecular formula is C22H20F2NO5P. The molecule has 0 saturated heterocycles. The van der Waals surface area contributed by atoms with E-state index in [1.54, 1.807) is 42.5 Å². The van der Waals surface area contributed by atoms with E-state index in [1.165, 1.54) is 19.1 Å². The van der Waals surface area contributed by atoms with Crippen LogP contribution in [0.2, 0.25) is 0 Å². The Labute approximate surface area is 178 Å². The molecule has 0 bridgehead atoms. The third kappa shape index (κ3) is 6.64. The lowest BCUT2D eigenvalue weighted by Gasteiger charge is -2.23. The van der Waals surface area contributed by atoms with Crippen molar-refractivity contribution in [2.45, 2.75) is 19.6 Å². The van der Waals surface area contributed by atoms with Gasteiger partial charge in [-0.1, -0.05) is 48.5 Å². The minimum Gasteiger partial charge on any atom is -0.460 e. The molecule has 0 saturated carbocycles. The second kappa shape index (κ2) is 10.2. The summed E-state index contributed by atoms with van der Waals surface area (Å²) in [5.74, 6) is -2.96. The lowest BCUT2D eigenvalue weighted by Crippen LogP contribution is -2.35. The first-order valence-electron chi connectivity index (χ1n) is 9.32. The van der Waals surface area contributed by atoms with Crippen LogP contribution < -0.4 is 14.1 Å². The zero-order chi connectivity index (χ0) is 22.3. The van der Waals surface area contributed by atoms with Gasteiger partial charge in [0, 0.05) is 6.07 Å². The van der Waals surface area contributed by atoms with Crippen molar-refractivity contribution >= 4 is 13.7 Å². The summed E-state index contributed by atoms with van der Waals surface area (Å²) in [5.41, 5.74) is 0.774. The molecule has 0 aliphatic heterocycles. The van der Waals surface area contributed by atoms with Crippen LogP contribution in [0, 0.1) is 11.6 Å². The lowest BCUT2D eigenvalue weighted by molar-refractivity contribution is -0.146. The quantitative estimate of drug-likeness (QED) is 0.357. The molecule has 3 aromatic rings. The number of hydrogen-bond acceptors (Lipinski definition) is 5. The fraction of sp³-hybridized carbons (Fsp3) is 0.136. The fourth-order valence-corrected chi connectivity index (χ4v) is 4.04. The summed E-state index contributed by atoms with van der Waals surface area (Å²) < 4.78 is 56.5. The highest BCUT2D eigenvalue weighted by atomic mass is 31.2. The van der Waals surface area contributed by atoms with E-state index in [0.717, 1.165) is 17.7 Å². The Morgan fingerprint density at radius 3 is 2.26 bits per heavy atom. The van der Waals surface area contributed by atoms with E-state index < -0.39 is 37.1 Å². The van der Waals surface area contributed by atoms with Gasteiger partial charge in [-0.2, -0.15) is 5.09 Å². The van der Waals surface area contributed by atoms with Gasteiger partial charge in [0.25, 0.3) is 0 Å². The Bertz CT molecular complexity index is 1070. The number of para-hydroxylation sites is 1. The van der Waals surface area contributed by atoms with Gasteiger partial charge in [-0.05, 0) is 36.8 Å². The first kappa shape index (κ1) is 22.5. The van der Waals surface area contributed by atoms with Gasteiger partial charge in [0.15, 0.2) is 11.6 Å². The van der Waals surface area contributed by atoms with E-state index in [4.69, 9.17) is 13.8 Å². The SMILES string of the molecule is C[C@H](NP(=O)(Oc1ccccc1)Oc1ccc(F)cc1F)C(=O)OCc1ccccc1. The van der Waals surface area contributed by atoms with Gasteiger partial charge >= 0.3 is 13.7 Å². The first-order chi connectivity index (χ1) is 14.8. The summed E-state index contributed by atoms with van der Waals surface area (Å²) in [5, 5.41) is 2.44. The standard InChI is InChI=1S/C22H20F2NO5P/c1-16(22(26)28-15-17-8-4-2-5-9-17)25-31(27,29-19-10-6-3-7-11-19)30-21-13-12-18(23)14-20(21)24/h2-14,16H,15H2,1H3,(H,25,27)/t16-,31?/m0/s1. The van der Waals surface area contributed by atoms with Crippen molar-refractivity contribution in [2.75, 3.05) is 0 Å². The van der Waals surface area contributed by atoms with Crippen LogP contribution in [0.1, 0.15) is 12.5 Å². The van der Waals surface area contributed by atoms with Crippen LogP contribution in [0.4, 0.5) is 8.78 Å². The molecular weight excluding hydrogens is 427 g/mol. The van der Waals surface area contributed by atoms with E-state index in [-0.39, 0.29) is 12.4 Å². The topological polar surface area (TPSA) is 73.9 Å². The third-order valence-electron chi connectivity index (χ3n) is 4.01. The number of nitrogens with one attached hydrogen (secondary N) is 1. The second-order valence-corrected chi connectivity index (χ2v) is 8.13. The molecule has 0 aliphatic rings. The molecule has 162 valence electrons. The van der Waals surface area contributed by atoms with Crippen molar-refractivity contribution in [1.82, 2.24) is 5.09 Å². The normalized spacial score (nSPS) is 13.6. The summed E-state index contributed by atoms with van der Waals surface area (Å²) >= 11 is 0. The summed E-state index contributed by atoms with van der Waals surface area (Å²) in [7, 11) is -4.32. The molecule has 0 aromatic heterocycles. The minimum atomic E-state index is -4.32. The van der Waals surface area contributed by atoms with Gasteiger partial charge in [-0.15, -0.1) is 0 Å². The van der Waals surface area contributed by atoms with Gasteiger partial charge in [0.05, 0.1) is 0 Å². The minimum absolute atomic E-state index is 0.0168. The van der Waals surface area contributed by atoms with Gasteiger partial charge in [0.1, 0.15) is 24.2 Å². The summed E-state index contributed by atoms with van der Waals surface area (Å²) in [6, 6.07) is 18.4. The van der Waals surface area contributed by atoms with Gasteiger partial charge in [-0.3, -0.25) is 4.79 Å². The van der Waals surface area contributed by atoms with Crippen molar-refractivity contribution in [3.8, 4) is 11.5 Å². The molecule has 0 aliphatic carbocycles. The van der Waals surface area contributed by atoms with Crippen molar-refractivity contribution in [2.24, 2.45) is 0 Å². The van der Waals surface area contributed by atoms with Crippen LogP contribution in [0.25, 0.3) is 0 Å². The Hall–Kier alpha value is -3.22. The molecule has 31 heavy (non-hydrogen) atoms. The van der Waals surface area contributed by atoms with Crippen LogP contribution in [-0.4, -0.2) is 12.0 Å². The zero-order valence-corrected chi connectivity index (χ0v) is 17.4. The number of ether oxygens (including phenoxy) is 1. The van der Waals surface area contributed by atoms with Crippen LogP contribution >= 0.6 is 7.75 Å². The van der Waals surface area contributed by atoms with Crippen LogP contribution in [0.3, 0.4) is 0 Å². The van der Waals surface area contributed by atoms with Gasteiger partial charge < -0.3 is 13.8 Å². The van der Waals surface area contributed by atoms with Crippen molar-refractivity contribution in [3.63, 3.8) is 0 Å². The molecule has 3 aromatic carbocycles. The van der Waals surface area contributed by atoms with E-state index in [2.05, 4.69) is 5.09 Å². The molecule has 3 rings (SSSR count). The highest BCUT2D eigenvalue weighted by Crippen LogP contribution is 2.46. The number of benzene rings is 3. The molecule has 0 fully saturated rings. The molecule has 2 atom stereocenters. The number of halogens is 2. The van der Waals surface area contributed by atoms with Crippen molar-refractivity contribution < 1.29 is 31.9 Å². The average Bonchev–Trinajstić information content (AvgIpc) is 2.75. The second-order valence-electron chi connectivity index (χ2n) is 6.51. The Kier molecular flexibility index (Phi) is 7.39. The maximum absolute atomic E-state index is 14.1. The van der Waals surface area contributed by atoms with Crippen LogP contribution in [-0.2, 0) is 20.7 Å². The predicted molar refractivity (Wildman–Crippen MR) is 110 cm³/mol. The Morgan fingerprint density at radius 2 is 1.61 bits per heavy atom. The number of hydrogen-bond donors (Lipinski definition) is 1. The van der Waals surface area contributed by atoms with Gasteiger partial charge in [0.2, 0.25) is 0 Å². The molecule has 0 amide bonds. The predicted octanol–water partition coefficient (Wildman–Crippen LogP) is 5.25. The third-order valence-corrected chi connectivity index (χ3v) is 5.60. The maximum Gasteiger partial charge on any atom is 0.513 e. The van der Waals surface area contributed by atoms with E-state index in [0.29, 0.717) is 6.07 Å². The fourth-order valence-electron chi connectivity index (χ4n) is 2.51. The maximum atomic E-state index is 14.1. The summed E-state index contributed by atoms with van der Waals surface area (Å²) in [4.78, 5) is 12.4. The summed E-state index contributed by atoms with van der Waals surface area (Å²) in [6.45, 7) is 1.42. The molecule has 0 radical (unpaired) electrons. The average molecular weight is 447 g/mol. The zero-order valence-electron chi connectivity index (χ0n) is 16.5. The van der Waals surface area contributed by atoms with E-state index in [1.807, 2.05) is 6.07 Å². The molecule has 0 heterocycles. The Morgan fingerprint density at radius 1 is 0.968 bits per heavy atom. The van der Waals surface area contributed by atoms with Gasteiger partial charge in [-0.25, -0.2) is 13.3 Å². The number of rotatable bonds is 9. The molecule has 9 heteroatoms. The highest BCUT2D eigenvalue weighted by molar-refractivity contribution is 7.52. The Balaban J connectivity index is 1.75. The van der Waals surface area contributed by atoms with Crippen LogP contribution in [0.15, 0.2) is 78.9 Å². The molecule has 1 unspecified atom stereocenters. The number of carbonyl (C=O) groups excluding carboxylic acids is 1. The highest BCUT2D eigenvalue weighted by Gasteiger charge is 2.34. The van der Waals surface area contributed by atoms with Crippen LogP contribution in [0.5, 0.6) is 11.5 Å². The first-order valence-corrected chi connectivity index (χ1v) is 10.9. The molecule has 6 nitrogen and oxygen atoms in total. The monoisotopic (exact) mass is 447 g/mol. The van der Waals surface area contributed by atoms with E-state index in [9.17, 15) is 18.1 Å². The van der Waals surface area contributed by atoms with Crippen molar-refractivity contribution in [3.05, 3.63) is 96.1 Å².